The Labute approximate surface area is 159 Å². The number of carbonyl (C=O) groups is 1. The average molecular weight is 383 g/mol. The van der Waals surface area contributed by atoms with E-state index in [-0.39, 0.29) is 12.5 Å². The number of hydrogen-bond donors (Lipinski definition) is 1. The molecule has 26 heavy (non-hydrogen) atoms. The second-order valence-electron chi connectivity index (χ2n) is 5.83. The van der Waals surface area contributed by atoms with E-state index in [4.69, 9.17) is 11.6 Å². The number of fused-ring (bicyclic) bond motifs is 1. The van der Waals surface area contributed by atoms with Crippen molar-refractivity contribution in [1.29, 1.82) is 0 Å². The smallest absolute Gasteiger partial charge is 0.246 e. The Morgan fingerprint density at radius 3 is 2.77 bits per heavy atom. The molecule has 1 N–H and O–H groups in total. The Morgan fingerprint density at radius 2 is 1.92 bits per heavy atom. The predicted octanol–water partition coefficient (Wildman–Crippen LogP) is 4.38. The van der Waals surface area contributed by atoms with E-state index in [1.807, 2.05) is 65.4 Å². The SMILES string of the molecule is O=C(Cn1ccc2c(Cl)cccc21)Nc1nnc(Cc2ccccc2)s1. The first-order valence-electron chi connectivity index (χ1n) is 8.08. The summed E-state index contributed by atoms with van der Waals surface area (Å²) in [6.07, 6.45) is 2.56. The Bertz CT molecular complexity index is 1060. The first-order chi connectivity index (χ1) is 12.7. The maximum atomic E-state index is 12.3. The van der Waals surface area contributed by atoms with Gasteiger partial charge in [-0.1, -0.05) is 59.3 Å². The predicted molar refractivity (Wildman–Crippen MR) is 105 cm³/mol. The molecule has 0 aliphatic heterocycles. The minimum Gasteiger partial charge on any atom is -0.338 e. The van der Waals surface area contributed by atoms with Crippen LogP contribution in [0.5, 0.6) is 0 Å². The van der Waals surface area contributed by atoms with Gasteiger partial charge in [0.1, 0.15) is 11.6 Å². The van der Waals surface area contributed by atoms with Crippen molar-refractivity contribution in [1.82, 2.24) is 14.8 Å². The first-order valence-corrected chi connectivity index (χ1v) is 9.28. The molecule has 0 spiro atoms. The van der Waals surface area contributed by atoms with Crippen LogP contribution in [0.25, 0.3) is 10.9 Å². The van der Waals surface area contributed by atoms with Crippen LogP contribution in [0.15, 0.2) is 60.8 Å². The number of carbonyl (C=O) groups excluding carboxylic acids is 1. The normalized spacial score (nSPS) is 11.0. The minimum absolute atomic E-state index is 0.148. The summed E-state index contributed by atoms with van der Waals surface area (Å²) in [6.45, 7) is 0.192. The van der Waals surface area contributed by atoms with Crippen LogP contribution in [0.3, 0.4) is 0 Å². The van der Waals surface area contributed by atoms with Crippen molar-refractivity contribution < 1.29 is 4.79 Å². The molecule has 0 atom stereocenters. The number of rotatable bonds is 5. The van der Waals surface area contributed by atoms with Crippen LogP contribution in [0.4, 0.5) is 5.13 Å². The summed E-state index contributed by atoms with van der Waals surface area (Å²) in [4.78, 5) is 12.3. The van der Waals surface area contributed by atoms with Gasteiger partial charge in [0.05, 0.1) is 0 Å². The number of hydrogen-bond acceptors (Lipinski definition) is 4. The van der Waals surface area contributed by atoms with E-state index in [2.05, 4.69) is 15.5 Å². The van der Waals surface area contributed by atoms with Gasteiger partial charge in [0.15, 0.2) is 0 Å². The van der Waals surface area contributed by atoms with Crippen molar-refractivity contribution >= 4 is 44.9 Å². The van der Waals surface area contributed by atoms with Crippen molar-refractivity contribution in [3.8, 4) is 0 Å². The number of nitrogens with one attached hydrogen (secondary N) is 1. The number of nitrogens with zero attached hydrogens (tertiary/aromatic N) is 3. The molecule has 4 rings (SSSR count). The third kappa shape index (κ3) is 3.61. The van der Waals surface area contributed by atoms with Gasteiger partial charge in [-0.2, -0.15) is 0 Å². The number of amides is 1. The van der Waals surface area contributed by atoms with E-state index in [0.29, 0.717) is 16.6 Å². The molecule has 0 saturated heterocycles. The Balaban J connectivity index is 1.43. The van der Waals surface area contributed by atoms with E-state index >= 15 is 0 Å². The Morgan fingerprint density at radius 1 is 1.08 bits per heavy atom. The van der Waals surface area contributed by atoms with Crippen LogP contribution in [0.1, 0.15) is 10.6 Å². The zero-order chi connectivity index (χ0) is 17.9. The summed E-state index contributed by atoms with van der Waals surface area (Å²) >= 11 is 7.57. The molecule has 130 valence electrons. The second kappa shape index (κ2) is 7.27. The summed E-state index contributed by atoms with van der Waals surface area (Å²) in [7, 11) is 0. The van der Waals surface area contributed by atoms with Crippen molar-refractivity contribution in [2.24, 2.45) is 0 Å². The van der Waals surface area contributed by atoms with Gasteiger partial charge in [0.25, 0.3) is 0 Å². The molecule has 2 aromatic heterocycles. The van der Waals surface area contributed by atoms with Gasteiger partial charge < -0.3 is 4.57 Å². The Hall–Kier alpha value is -2.70. The third-order valence-electron chi connectivity index (χ3n) is 3.99. The number of aromatic nitrogens is 3. The van der Waals surface area contributed by atoms with Crippen molar-refractivity contribution in [3.05, 3.63) is 76.4 Å². The fraction of sp³-hybridized carbons (Fsp3) is 0.105. The summed E-state index contributed by atoms with van der Waals surface area (Å²) in [6, 6.07) is 17.6. The molecular weight excluding hydrogens is 368 g/mol. The topological polar surface area (TPSA) is 59.8 Å². The van der Waals surface area contributed by atoms with E-state index in [1.165, 1.54) is 11.3 Å². The molecule has 4 aromatic rings. The standard InChI is InChI=1S/C19H15ClN4OS/c20-15-7-4-8-16-14(15)9-10-24(16)12-17(25)21-19-23-22-18(26-19)11-13-5-2-1-3-6-13/h1-10H,11-12H2,(H,21,23,25). The molecule has 1 amide bonds. The highest BCUT2D eigenvalue weighted by molar-refractivity contribution is 7.15. The van der Waals surface area contributed by atoms with Crippen molar-refractivity contribution in [3.63, 3.8) is 0 Å². The zero-order valence-electron chi connectivity index (χ0n) is 13.7. The molecule has 2 aromatic carbocycles. The lowest BCUT2D eigenvalue weighted by Gasteiger charge is -2.05. The summed E-state index contributed by atoms with van der Waals surface area (Å²) < 4.78 is 1.86. The monoisotopic (exact) mass is 382 g/mol. The van der Waals surface area contributed by atoms with Crippen LogP contribution in [0, 0.1) is 0 Å². The molecule has 0 radical (unpaired) electrons. The van der Waals surface area contributed by atoms with Crippen molar-refractivity contribution in [2.75, 3.05) is 5.32 Å². The highest BCUT2D eigenvalue weighted by Crippen LogP contribution is 2.24. The van der Waals surface area contributed by atoms with Crippen LogP contribution < -0.4 is 5.32 Å². The molecule has 7 heteroatoms. The molecule has 2 heterocycles. The van der Waals surface area contributed by atoms with Crippen LogP contribution in [-0.4, -0.2) is 20.7 Å². The molecule has 0 aliphatic carbocycles. The average Bonchev–Trinajstić information content (AvgIpc) is 3.24. The first kappa shape index (κ1) is 16.8. The number of halogens is 1. The summed E-state index contributed by atoms with van der Waals surface area (Å²) in [5.41, 5.74) is 2.09. The van der Waals surface area contributed by atoms with Crippen molar-refractivity contribution in [2.45, 2.75) is 13.0 Å². The van der Waals surface area contributed by atoms with Crippen LogP contribution >= 0.6 is 22.9 Å². The molecule has 0 saturated carbocycles. The quantitative estimate of drug-likeness (QED) is 0.557. The lowest BCUT2D eigenvalue weighted by atomic mass is 10.2. The van der Waals surface area contributed by atoms with E-state index in [9.17, 15) is 4.79 Å². The van der Waals surface area contributed by atoms with E-state index in [1.54, 1.807) is 0 Å². The molecule has 0 aliphatic rings. The Kier molecular flexibility index (Phi) is 4.69. The molecule has 0 unspecified atom stereocenters. The lowest BCUT2D eigenvalue weighted by Crippen LogP contribution is -2.18. The van der Waals surface area contributed by atoms with E-state index < -0.39 is 0 Å². The number of benzene rings is 2. The molecule has 0 fully saturated rings. The molecule has 5 nitrogen and oxygen atoms in total. The maximum Gasteiger partial charge on any atom is 0.246 e. The van der Waals surface area contributed by atoms with Crippen LogP contribution in [-0.2, 0) is 17.8 Å². The highest BCUT2D eigenvalue weighted by Gasteiger charge is 2.11. The second-order valence-corrected chi connectivity index (χ2v) is 7.30. The zero-order valence-corrected chi connectivity index (χ0v) is 15.3. The lowest BCUT2D eigenvalue weighted by molar-refractivity contribution is -0.116. The summed E-state index contributed by atoms with van der Waals surface area (Å²) in [5.74, 6) is -0.148. The minimum atomic E-state index is -0.148. The van der Waals surface area contributed by atoms with Crippen LogP contribution in [0.2, 0.25) is 5.02 Å². The van der Waals surface area contributed by atoms with Gasteiger partial charge in [-0.3, -0.25) is 10.1 Å². The van der Waals surface area contributed by atoms with E-state index in [0.717, 1.165) is 21.5 Å². The fourth-order valence-corrected chi connectivity index (χ4v) is 3.81. The summed E-state index contributed by atoms with van der Waals surface area (Å²) in [5, 5.41) is 14.0. The maximum absolute atomic E-state index is 12.3. The third-order valence-corrected chi connectivity index (χ3v) is 5.15. The molecular formula is C19H15ClN4OS. The highest BCUT2D eigenvalue weighted by atomic mass is 35.5. The van der Waals surface area contributed by atoms with Gasteiger partial charge in [0, 0.05) is 28.5 Å². The largest absolute Gasteiger partial charge is 0.338 e. The molecule has 0 bridgehead atoms. The number of anilines is 1. The van der Waals surface area contributed by atoms with Gasteiger partial charge in [-0.15, -0.1) is 10.2 Å². The van der Waals surface area contributed by atoms with Gasteiger partial charge in [0.2, 0.25) is 11.0 Å². The van der Waals surface area contributed by atoms with Gasteiger partial charge in [-0.05, 0) is 23.8 Å². The van der Waals surface area contributed by atoms with Gasteiger partial charge >= 0.3 is 0 Å². The fourth-order valence-electron chi connectivity index (χ4n) is 2.78. The van der Waals surface area contributed by atoms with Gasteiger partial charge in [-0.25, -0.2) is 0 Å².